The molecule has 1 unspecified atom stereocenters. The molecule has 6 heteroatoms. The molecular formula is C19H23N5O. The van der Waals surface area contributed by atoms with Crippen LogP contribution >= 0.6 is 0 Å². The minimum Gasteiger partial charge on any atom is -0.336 e. The number of aryl methyl sites for hydroxylation is 2. The molecule has 0 N–H and O–H groups in total. The van der Waals surface area contributed by atoms with Gasteiger partial charge in [-0.25, -0.2) is 9.50 Å². The lowest BCUT2D eigenvalue weighted by Gasteiger charge is -2.36. The Morgan fingerprint density at radius 3 is 3.00 bits per heavy atom. The van der Waals surface area contributed by atoms with Crippen molar-refractivity contribution >= 4 is 11.4 Å². The molecule has 4 rings (SSSR count). The summed E-state index contributed by atoms with van der Waals surface area (Å²) >= 11 is 0. The highest BCUT2D eigenvalue weighted by Crippen LogP contribution is 2.23. The van der Waals surface area contributed by atoms with Gasteiger partial charge in [-0.05, 0) is 50.8 Å². The van der Waals surface area contributed by atoms with Gasteiger partial charge >= 0.3 is 0 Å². The number of nitrogens with zero attached hydrogens (tertiary/aromatic N) is 5. The number of aromatic nitrogens is 4. The summed E-state index contributed by atoms with van der Waals surface area (Å²) < 4.78 is 3.95. The van der Waals surface area contributed by atoms with Crippen molar-refractivity contribution in [3.8, 4) is 0 Å². The highest BCUT2D eigenvalue weighted by Gasteiger charge is 2.27. The van der Waals surface area contributed by atoms with Gasteiger partial charge in [0.2, 0.25) is 0 Å². The number of likely N-dealkylation sites (tertiary alicyclic amines) is 1. The number of amides is 1. The van der Waals surface area contributed by atoms with Crippen LogP contribution in [0, 0.1) is 6.92 Å². The van der Waals surface area contributed by atoms with Crippen LogP contribution in [0.1, 0.15) is 41.9 Å². The first-order chi connectivity index (χ1) is 12.2. The zero-order valence-electron chi connectivity index (χ0n) is 14.5. The summed E-state index contributed by atoms with van der Waals surface area (Å²) in [6.45, 7) is 3.77. The molecule has 130 valence electrons. The Bertz CT molecular complexity index is 881. The average Bonchev–Trinajstić information content (AvgIpc) is 3.27. The van der Waals surface area contributed by atoms with E-state index in [-0.39, 0.29) is 5.91 Å². The molecule has 0 aliphatic carbocycles. The lowest BCUT2D eigenvalue weighted by molar-refractivity contribution is 0.0595. The summed E-state index contributed by atoms with van der Waals surface area (Å²) in [4.78, 5) is 19.4. The number of hydrogen-bond donors (Lipinski definition) is 0. The molecular weight excluding hydrogens is 314 g/mol. The van der Waals surface area contributed by atoms with E-state index < -0.39 is 0 Å². The predicted molar refractivity (Wildman–Crippen MR) is 95.4 cm³/mol. The zero-order valence-corrected chi connectivity index (χ0v) is 14.5. The number of pyridine rings is 1. The Morgan fingerprint density at radius 2 is 2.16 bits per heavy atom. The molecule has 1 aliphatic heterocycles. The highest BCUT2D eigenvalue weighted by molar-refractivity contribution is 5.95. The number of hydrogen-bond acceptors (Lipinski definition) is 3. The number of rotatable bonds is 4. The van der Waals surface area contributed by atoms with E-state index in [0.29, 0.717) is 6.04 Å². The van der Waals surface area contributed by atoms with E-state index >= 15 is 0 Å². The Morgan fingerprint density at radius 1 is 1.24 bits per heavy atom. The normalized spacial score (nSPS) is 18.0. The minimum atomic E-state index is 0.135. The van der Waals surface area contributed by atoms with Crippen LogP contribution in [-0.4, -0.2) is 42.6 Å². The third-order valence-corrected chi connectivity index (χ3v) is 5.16. The van der Waals surface area contributed by atoms with Crippen LogP contribution < -0.4 is 0 Å². The van der Waals surface area contributed by atoms with Crippen molar-refractivity contribution < 1.29 is 4.79 Å². The van der Waals surface area contributed by atoms with E-state index in [1.54, 1.807) is 10.7 Å². The fourth-order valence-corrected chi connectivity index (χ4v) is 3.72. The number of carbonyl (C=O) groups is 1. The van der Waals surface area contributed by atoms with Gasteiger partial charge in [0.15, 0.2) is 0 Å². The summed E-state index contributed by atoms with van der Waals surface area (Å²) in [5.41, 5.74) is 1.70. The van der Waals surface area contributed by atoms with Crippen LogP contribution in [-0.2, 0) is 6.54 Å². The second-order valence-electron chi connectivity index (χ2n) is 6.72. The molecule has 0 aromatic carbocycles. The van der Waals surface area contributed by atoms with Gasteiger partial charge in [0.25, 0.3) is 5.91 Å². The maximum Gasteiger partial charge on any atom is 0.254 e. The lowest BCUT2D eigenvalue weighted by Crippen LogP contribution is -2.44. The number of fused-ring (bicyclic) bond motifs is 1. The van der Waals surface area contributed by atoms with E-state index in [4.69, 9.17) is 0 Å². The monoisotopic (exact) mass is 337 g/mol. The second-order valence-corrected chi connectivity index (χ2v) is 6.72. The van der Waals surface area contributed by atoms with Gasteiger partial charge in [0.1, 0.15) is 5.82 Å². The first-order valence-electron chi connectivity index (χ1n) is 8.94. The predicted octanol–water partition coefficient (Wildman–Crippen LogP) is 2.92. The van der Waals surface area contributed by atoms with E-state index in [2.05, 4.69) is 19.5 Å². The Labute approximate surface area is 147 Å². The van der Waals surface area contributed by atoms with Crippen LogP contribution in [0.15, 0.2) is 43.0 Å². The van der Waals surface area contributed by atoms with Gasteiger partial charge in [0, 0.05) is 49.5 Å². The van der Waals surface area contributed by atoms with Crippen LogP contribution in [0.25, 0.3) is 5.52 Å². The van der Waals surface area contributed by atoms with Gasteiger partial charge in [0.05, 0.1) is 5.52 Å². The Balaban J connectivity index is 1.51. The fourth-order valence-electron chi connectivity index (χ4n) is 3.72. The van der Waals surface area contributed by atoms with Gasteiger partial charge < -0.3 is 9.47 Å². The smallest absolute Gasteiger partial charge is 0.254 e. The molecule has 4 heterocycles. The summed E-state index contributed by atoms with van der Waals surface area (Å²) in [6, 6.07) is 6.02. The molecule has 1 amide bonds. The largest absolute Gasteiger partial charge is 0.336 e. The molecule has 1 aliphatic rings. The minimum absolute atomic E-state index is 0.135. The molecule has 1 fully saturated rings. The maximum absolute atomic E-state index is 13.1. The standard InChI is InChI=1S/C19H23N5O/c1-15-20-9-13-22(15)11-7-17-4-2-3-10-23(17)19(25)16-6-12-24-18(14-16)5-8-21-24/h5-6,8-9,12-14,17H,2-4,7,10-11H2,1H3. The van der Waals surface area contributed by atoms with Crippen LogP contribution in [0.3, 0.4) is 0 Å². The van der Waals surface area contributed by atoms with E-state index in [9.17, 15) is 4.79 Å². The topological polar surface area (TPSA) is 55.4 Å². The van der Waals surface area contributed by atoms with E-state index in [1.165, 1.54) is 6.42 Å². The van der Waals surface area contributed by atoms with Crippen LogP contribution in [0.5, 0.6) is 0 Å². The van der Waals surface area contributed by atoms with Crippen LogP contribution in [0.2, 0.25) is 0 Å². The number of carbonyl (C=O) groups excluding carboxylic acids is 1. The van der Waals surface area contributed by atoms with E-state index in [1.807, 2.05) is 43.7 Å². The van der Waals surface area contributed by atoms with Gasteiger partial charge in [-0.15, -0.1) is 0 Å². The number of piperidine rings is 1. The SMILES string of the molecule is Cc1nccn1CCC1CCCCN1C(=O)c1ccn2nccc2c1. The maximum atomic E-state index is 13.1. The van der Waals surface area contributed by atoms with Crippen molar-refractivity contribution in [2.24, 2.45) is 0 Å². The molecule has 0 spiro atoms. The summed E-state index contributed by atoms with van der Waals surface area (Å²) in [5.74, 6) is 1.16. The van der Waals surface area contributed by atoms with Crippen LogP contribution in [0.4, 0.5) is 0 Å². The quantitative estimate of drug-likeness (QED) is 0.735. The molecule has 0 bridgehead atoms. The molecule has 3 aromatic heterocycles. The second kappa shape index (κ2) is 6.70. The van der Waals surface area contributed by atoms with Gasteiger partial charge in [-0.3, -0.25) is 4.79 Å². The molecule has 25 heavy (non-hydrogen) atoms. The Kier molecular flexibility index (Phi) is 4.26. The van der Waals surface area contributed by atoms with Gasteiger partial charge in [-0.2, -0.15) is 5.10 Å². The highest BCUT2D eigenvalue weighted by atomic mass is 16.2. The average molecular weight is 337 g/mol. The first-order valence-corrected chi connectivity index (χ1v) is 8.94. The van der Waals surface area contributed by atoms with Crippen molar-refractivity contribution in [1.29, 1.82) is 0 Å². The van der Waals surface area contributed by atoms with Crippen molar-refractivity contribution in [2.45, 2.75) is 45.2 Å². The molecule has 1 atom stereocenters. The van der Waals surface area contributed by atoms with Crippen molar-refractivity contribution in [3.05, 3.63) is 54.4 Å². The summed E-state index contributed by atoms with van der Waals surface area (Å²) in [7, 11) is 0. The molecule has 6 nitrogen and oxygen atoms in total. The van der Waals surface area contributed by atoms with Crippen molar-refractivity contribution in [1.82, 2.24) is 24.1 Å². The molecule has 0 saturated carbocycles. The third kappa shape index (κ3) is 3.16. The first kappa shape index (κ1) is 15.9. The Hall–Kier alpha value is -2.63. The fraction of sp³-hybridized carbons (Fsp3) is 0.421. The van der Waals surface area contributed by atoms with Crippen molar-refractivity contribution in [3.63, 3.8) is 0 Å². The van der Waals surface area contributed by atoms with E-state index in [0.717, 1.165) is 49.3 Å². The zero-order chi connectivity index (χ0) is 17.2. The molecule has 0 radical (unpaired) electrons. The summed E-state index contributed by atoms with van der Waals surface area (Å²) in [6.07, 6.45) is 11.8. The molecule has 3 aromatic rings. The number of imidazole rings is 1. The molecule has 1 saturated heterocycles. The lowest BCUT2D eigenvalue weighted by atomic mass is 9.98. The van der Waals surface area contributed by atoms with Gasteiger partial charge in [-0.1, -0.05) is 0 Å². The third-order valence-electron chi connectivity index (χ3n) is 5.16. The van der Waals surface area contributed by atoms with Crippen molar-refractivity contribution in [2.75, 3.05) is 6.54 Å². The summed E-state index contributed by atoms with van der Waals surface area (Å²) in [5, 5.41) is 4.20.